The van der Waals surface area contributed by atoms with E-state index < -0.39 is 0 Å². The van der Waals surface area contributed by atoms with E-state index in [2.05, 4.69) is 18.5 Å². The molecule has 0 bridgehead atoms. The number of halogens is 1. The maximum absolute atomic E-state index is 13.3. The second-order valence-electron chi connectivity index (χ2n) is 3.78. The minimum absolute atomic E-state index is 0.151. The molecular formula is C13H20FNOS. The van der Waals surface area contributed by atoms with Gasteiger partial charge in [-0.1, -0.05) is 6.92 Å². The van der Waals surface area contributed by atoms with Crippen molar-refractivity contribution in [1.82, 2.24) is 5.32 Å². The van der Waals surface area contributed by atoms with Gasteiger partial charge in [0.15, 0.2) is 0 Å². The summed E-state index contributed by atoms with van der Waals surface area (Å²) in [6, 6.07) is 4.83. The summed E-state index contributed by atoms with van der Waals surface area (Å²) in [6.07, 6.45) is 3.04. The highest BCUT2D eigenvalue weighted by Gasteiger charge is 2.15. The second-order valence-corrected chi connectivity index (χ2v) is 4.76. The zero-order chi connectivity index (χ0) is 12.7. The maximum Gasteiger partial charge on any atom is 0.123 e. The molecule has 0 fully saturated rings. The van der Waals surface area contributed by atoms with Crippen LogP contribution in [0.25, 0.3) is 0 Å². The fraction of sp³-hybridized carbons (Fsp3) is 0.538. The summed E-state index contributed by atoms with van der Waals surface area (Å²) in [6.45, 7) is 2.91. The summed E-state index contributed by atoms with van der Waals surface area (Å²) in [7, 11) is 1.62. The molecule has 1 aromatic rings. The van der Waals surface area contributed by atoms with Crippen molar-refractivity contribution in [1.29, 1.82) is 0 Å². The van der Waals surface area contributed by atoms with Crippen molar-refractivity contribution in [3.63, 3.8) is 0 Å². The lowest BCUT2D eigenvalue weighted by Crippen LogP contribution is -2.22. The molecule has 2 nitrogen and oxygen atoms in total. The van der Waals surface area contributed by atoms with E-state index in [0.29, 0.717) is 0 Å². The van der Waals surface area contributed by atoms with E-state index in [1.165, 1.54) is 6.07 Å². The van der Waals surface area contributed by atoms with Crippen LogP contribution in [-0.4, -0.2) is 25.7 Å². The minimum Gasteiger partial charge on any atom is -0.496 e. The molecule has 0 amide bonds. The van der Waals surface area contributed by atoms with Gasteiger partial charge >= 0.3 is 0 Å². The molecule has 1 aromatic carbocycles. The minimum atomic E-state index is -0.215. The van der Waals surface area contributed by atoms with Crippen molar-refractivity contribution in [2.45, 2.75) is 19.4 Å². The van der Waals surface area contributed by atoms with Gasteiger partial charge in [-0.2, -0.15) is 11.8 Å². The second kappa shape index (κ2) is 7.56. The van der Waals surface area contributed by atoms with Crippen LogP contribution in [0.2, 0.25) is 0 Å². The number of methoxy groups -OCH3 is 1. The van der Waals surface area contributed by atoms with Crippen molar-refractivity contribution in [2.24, 2.45) is 0 Å². The van der Waals surface area contributed by atoms with Crippen LogP contribution in [0.1, 0.15) is 24.9 Å². The van der Waals surface area contributed by atoms with Gasteiger partial charge in [-0.25, -0.2) is 4.39 Å². The first kappa shape index (κ1) is 14.3. The van der Waals surface area contributed by atoms with Crippen molar-refractivity contribution < 1.29 is 9.13 Å². The van der Waals surface area contributed by atoms with E-state index in [1.807, 2.05) is 0 Å². The molecule has 0 radical (unpaired) electrons. The van der Waals surface area contributed by atoms with Crippen LogP contribution >= 0.6 is 11.8 Å². The Morgan fingerprint density at radius 2 is 2.24 bits per heavy atom. The predicted octanol–water partition coefficient (Wildman–Crippen LogP) is 3.24. The topological polar surface area (TPSA) is 21.3 Å². The van der Waals surface area contributed by atoms with E-state index in [0.717, 1.165) is 30.0 Å². The molecule has 1 N–H and O–H groups in total. The van der Waals surface area contributed by atoms with E-state index in [1.54, 1.807) is 31.0 Å². The smallest absolute Gasteiger partial charge is 0.123 e. The predicted molar refractivity (Wildman–Crippen MR) is 72.4 cm³/mol. The average Bonchev–Trinajstić information content (AvgIpc) is 2.34. The Kier molecular flexibility index (Phi) is 6.37. The van der Waals surface area contributed by atoms with Gasteiger partial charge in [0.2, 0.25) is 0 Å². The van der Waals surface area contributed by atoms with Gasteiger partial charge in [0.05, 0.1) is 7.11 Å². The van der Waals surface area contributed by atoms with Gasteiger partial charge in [-0.3, -0.25) is 0 Å². The van der Waals surface area contributed by atoms with Crippen molar-refractivity contribution in [3.05, 3.63) is 29.6 Å². The summed E-state index contributed by atoms with van der Waals surface area (Å²) >= 11 is 1.79. The maximum atomic E-state index is 13.3. The fourth-order valence-electron chi connectivity index (χ4n) is 1.83. The summed E-state index contributed by atoms with van der Waals surface area (Å²) in [4.78, 5) is 0. The summed E-state index contributed by atoms with van der Waals surface area (Å²) in [5.41, 5.74) is 0.906. The molecule has 0 saturated carbocycles. The van der Waals surface area contributed by atoms with Gasteiger partial charge in [0.1, 0.15) is 11.6 Å². The van der Waals surface area contributed by atoms with E-state index >= 15 is 0 Å². The van der Waals surface area contributed by atoms with Crippen molar-refractivity contribution in [3.8, 4) is 5.75 Å². The highest BCUT2D eigenvalue weighted by molar-refractivity contribution is 7.98. The summed E-state index contributed by atoms with van der Waals surface area (Å²) < 4.78 is 18.6. The van der Waals surface area contributed by atoms with Crippen molar-refractivity contribution in [2.75, 3.05) is 25.7 Å². The van der Waals surface area contributed by atoms with Crippen LogP contribution in [0.5, 0.6) is 5.75 Å². The number of rotatable bonds is 7. The molecule has 0 aliphatic heterocycles. The third-order valence-corrected chi connectivity index (χ3v) is 3.27. The van der Waals surface area contributed by atoms with E-state index in [4.69, 9.17) is 4.74 Å². The Labute approximate surface area is 107 Å². The lowest BCUT2D eigenvalue weighted by molar-refractivity contribution is 0.396. The molecular weight excluding hydrogens is 237 g/mol. The number of thioether (sulfide) groups is 1. The Morgan fingerprint density at radius 1 is 1.47 bits per heavy atom. The average molecular weight is 257 g/mol. The van der Waals surface area contributed by atoms with Gasteiger partial charge in [0, 0.05) is 11.6 Å². The highest BCUT2D eigenvalue weighted by atomic mass is 32.2. The Morgan fingerprint density at radius 3 is 2.82 bits per heavy atom. The zero-order valence-corrected chi connectivity index (χ0v) is 11.4. The van der Waals surface area contributed by atoms with Gasteiger partial charge in [-0.15, -0.1) is 0 Å². The van der Waals surface area contributed by atoms with Crippen LogP contribution in [-0.2, 0) is 0 Å². The zero-order valence-electron chi connectivity index (χ0n) is 10.6. The number of benzene rings is 1. The quantitative estimate of drug-likeness (QED) is 0.810. The first-order valence-electron chi connectivity index (χ1n) is 5.78. The molecule has 0 aliphatic rings. The molecule has 96 valence electrons. The fourth-order valence-corrected chi connectivity index (χ4v) is 2.30. The van der Waals surface area contributed by atoms with Crippen molar-refractivity contribution >= 4 is 11.8 Å². The number of hydrogen-bond donors (Lipinski definition) is 1. The van der Waals surface area contributed by atoms with E-state index in [9.17, 15) is 4.39 Å². The molecule has 1 unspecified atom stereocenters. The molecule has 0 aliphatic carbocycles. The third-order valence-electron chi connectivity index (χ3n) is 2.63. The molecule has 0 heterocycles. The van der Waals surface area contributed by atoms with E-state index in [-0.39, 0.29) is 11.9 Å². The lowest BCUT2D eigenvalue weighted by atomic mass is 10.0. The van der Waals surface area contributed by atoms with Gasteiger partial charge in [0.25, 0.3) is 0 Å². The summed E-state index contributed by atoms with van der Waals surface area (Å²) in [5, 5.41) is 3.38. The normalized spacial score (nSPS) is 12.5. The first-order valence-corrected chi connectivity index (χ1v) is 7.18. The van der Waals surface area contributed by atoms with Crippen LogP contribution in [0.4, 0.5) is 4.39 Å². The monoisotopic (exact) mass is 257 g/mol. The third kappa shape index (κ3) is 4.21. The molecule has 1 rings (SSSR count). The highest BCUT2D eigenvalue weighted by Crippen LogP contribution is 2.28. The van der Waals surface area contributed by atoms with Crippen LogP contribution in [0.3, 0.4) is 0 Å². The molecule has 0 aromatic heterocycles. The van der Waals surface area contributed by atoms with Gasteiger partial charge in [-0.05, 0) is 43.2 Å². The Balaban J connectivity index is 2.93. The van der Waals surface area contributed by atoms with Gasteiger partial charge < -0.3 is 10.1 Å². The largest absolute Gasteiger partial charge is 0.496 e. The van der Waals surface area contributed by atoms with Crippen LogP contribution in [0, 0.1) is 5.82 Å². The van der Waals surface area contributed by atoms with Crippen LogP contribution in [0.15, 0.2) is 18.2 Å². The first-order chi connectivity index (χ1) is 8.22. The Bertz CT molecular complexity index is 346. The molecule has 1 atom stereocenters. The summed E-state index contributed by atoms with van der Waals surface area (Å²) in [5.74, 6) is 1.57. The molecule has 4 heteroatoms. The number of nitrogens with one attached hydrogen (secondary N) is 1. The molecule has 17 heavy (non-hydrogen) atoms. The molecule has 0 saturated heterocycles. The lowest BCUT2D eigenvalue weighted by Gasteiger charge is -2.20. The van der Waals surface area contributed by atoms with Crippen LogP contribution < -0.4 is 10.1 Å². The molecule has 0 spiro atoms. The number of hydrogen-bond acceptors (Lipinski definition) is 3. The standard InChI is InChI=1S/C13H20FNOS/c1-4-15-12(7-8-17-3)11-9-10(14)5-6-13(11)16-2/h5-6,9,12,15H,4,7-8H2,1-3H3. The number of ether oxygens (including phenoxy) is 1. The SMILES string of the molecule is CCNC(CCSC)c1cc(F)ccc1OC. The Hall–Kier alpha value is -0.740.